The van der Waals surface area contributed by atoms with Crippen molar-refractivity contribution in [1.82, 2.24) is 5.32 Å². The second-order valence-corrected chi connectivity index (χ2v) is 4.78. The zero-order valence-corrected chi connectivity index (χ0v) is 10.5. The Bertz CT molecular complexity index is 527. The van der Waals surface area contributed by atoms with E-state index in [2.05, 4.69) is 10.6 Å². The zero-order valence-electron chi connectivity index (χ0n) is 10.5. The molecule has 1 aromatic rings. The third-order valence-electron chi connectivity index (χ3n) is 3.41. The first kappa shape index (κ1) is 13.3. The Morgan fingerprint density at radius 3 is 2.53 bits per heavy atom. The SMILES string of the molecule is Cc1cc(F)ccc1NC(=O)NC1(C(=O)O)CCC1. The predicted octanol–water partition coefficient (Wildman–Crippen LogP) is 2.26. The number of anilines is 1. The van der Waals surface area contributed by atoms with Gasteiger partial charge in [-0.2, -0.15) is 0 Å². The molecule has 0 unspecified atom stereocenters. The molecule has 3 N–H and O–H groups in total. The number of urea groups is 1. The van der Waals surface area contributed by atoms with Crippen LogP contribution >= 0.6 is 0 Å². The lowest BCUT2D eigenvalue weighted by Gasteiger charge is -2.38. The molecule has 0 heterocycles. The number of carboxylic acid groups (broad SMARTS) is 1. The van der Waals surface area contributed by atoms with Gasteiger partial charge in [-0.25, -0.2) is 14.0 Å². The van der Waals surface area contributed by atoms with Gasteiger partial charge in [-0.15, -0.1) is 0 Å². The fourth-order valence-corrected chi connectivity index (χ4v) is 2.06. The first-order valence-corrected chi connectivity index (χ1v) is 6.02. The highest BCUT2D eigenvalue weighted by molar-refractivity contribution is 5.94. The molecule has 0 atom stereocenters. The summed E-state index contributed by atoms with van der Waals surface area (Å²) in [6, 6.07) is 3.39. The fourth-order valence-electron chi connectivity index (χ4n) is 2.06. The molecular formula is C13H15FN2O3. The van der Waals surface area contributed by atoms with E-state index in [1.807, 2.05) is 0 Å². The number of halogens is 1. The number of aliphatic carboxylic acids is 1. The number of hydrogen-bond acceptors (Lipinski definition) is 2. The van der Waals surface area contributed by atoms with Crippen molar-refractivity contribution >= 4 is 17.7 Å². The molecule has 102 valence electrons. The molecule has 0 spiro atoms. The summed E-state index contributed by atoms with van der Waals surface area (Å²) in [5.74, 6) is -1.41. The number of aryl methyl sites for hydroxylation is 1. The quantitative estimate of drug-likeness (QED) is 0.785. The summed E-state index contributed by atoms with van der Waals surface area (Å²) in [5, 5.41) is 14.1. The molecule has 0 aliphatic heterocycles. The van der Waals surface area contributed by atoms with Crippen LogP contribution in [-0.4, -0.2) is 22.6 Å². The topological polar surface area (TPSA) is 78.4 Å². The summed E-state index contributed by atoms with van der Waals surface area (Å²) in [5.41, 5.74) is -0.121. The first-order chi connectivity index (χ1) is 8.93. The maximum atomic E-state index is 12.9. The molecular weight excluding hydrogens is 251 g/mol. The molecule has 0 saturated heterocycles. The zero-order chi connectivity index (χ0) is 14.0. The summed E-state index contributed by atoms with van der Waals surface area (Å²) in [6.45, 7) is 1.66. The second-order valence-electron chi connectivity index (χ2n) is 4.78. The van der Waals surface area contributed by atoms with Gasteiger partial charge in [0.1, 0.15) is 11.4 Å². The lowest BCUT2D eigenvalue weighted by molar-refractivity contribution is -0.148. The van der Waals surface area contributed by atoms with Crippen LogP contribution in [0.3, 0.4) is 0 Å². The number of carboxylic acids is 1. The molecule has 2 rings (SSSR count). The van der Waals surface area contributed by atoms with Gasteiger partial charge in [-0.1, -0.05) is 0 Å². The molecule has 0 aromatic heterocycles. The van der Waals surface area contributed by atoms with Gasteiger partial charge in [0.2, 0.25) is 0 Å². The van der Waals surface area contributed by atoms with E-state index in [0.29, 0.717) is 24.1 Å². The number of carbonyl (C=O) groups excluding carboxylic acids is 1. The Morgan fingerprint density at radius 1 is 1.37 bits per heavy atom. The van der Waals surface area contributed by atoms with Crippen molar-refractivity contribution in [1.29, 1.82) is 0 Å². The van der Waals surface area contributed by atoms with E-state index in [9.17, 15) is 14.0 Å². The van der Waals surface area contributed by atoms with Gasteiger partial charge in [0.05, 0.1) is 0 Å². The second kappa shape index (κ2) is 4.87. The lowest BCUT2D eigenvalue weighted by Crippen LogP contribution is -2.60. The van der Waals surface area contributed by atoms with E-state index in [0.717, 1.165) is 6.42 Å². The third kappa shape index (κ3) is 2.67. The average Bonchev–Trinajstić information content (AvgIpc) is 2.27. The number of hydrogen-bond donors (Lipinski definition) is 3. The van der Waals surface area contributed by atoms with Crippen LogP contribution in [0.5, 0.6) is 0 Å². The fraction of sp³-hybridized carbons (Fsp3) is 0.385. The van der Waals surface area contributed by atoms with E-state index >= 15 is 0 Å². The minimum absolute atomic E-state index is 0.385. The van der Waals surface area contributed by atoms with Crippen molar-refractivity contribution < 1.29 is 19.1 Å². The van der Waals surface area contributed by atoms with E-state index < -0.39 is 17.5 Å². The highest BCUT2D eigenvalue weighted by Crippen LogP contribution is 2.32. The van der Waals surface area contributed by atoms with Crippen LogP contribution in [0.1, 0.15) is 24.8 Å². The van der Waals surface area contributed by atoms with Gasteiger partial charge in [0.15, 0.2) is 0 Å². The van der Waals surface area contributed by atoms with E-state index in [-0.39, 0.29) is 5.82 Å². The van der Waals surface area contributed by atoms with Crippen LogP contribution in [0, 0.1) is 12.7 Å². The van der Waals surface area contributed by atoms with Crippen molar-refractivity contribution in [3.05, 3.63) is 29.6 Å². The highest BCUT2D eigenvalue weighted by Gasteiger charge is 2.45. The minimum atomic E-state index is -1.15. The maximum Gasteiger partial charge on any atom is 0.329 e. The molecule has 1 aliphatic carbocycles. The van der Waals surface area contributed by atoms with E-state index in [4.69, 9.17) is 5.11 Å². The number of nitrogens with one attached hydrogen (secondary N) is 2. The Hall–Kier alpha value is -2.11. The van der Waals surface area contributed by atoms with E-state index in [1.54, 1.807) is 6.92 Å². The van der Waals surface area contributed by atoms with Gasteiger partial charge in [0.25, 0.3) is 0 Å². The average molecular weight is 266 g/mol. The summed E-state index contributed by atoms with van der Waals surface area (Å²) >= 11 is 0. The van der Waals surface area contributed by atoms with Crippen molar-refractivity contribution in [2.45, 2.75) is 31.7 Å². The summed E-state index contributed by atoms with van der Waals surface area (Å²) < 4.78 is 12.9. The van der Waals surface area contributed by atoms with Gasteiger partial charge < -0.3 is 15.7 Å². The van der Waals surface area contributed by atoms with Crippen molar-refractivity contribution in [3.63, 3.8) is 0 Å². The van der Waals surface area contributed by atoms with Crippen LogP contribution in [0.25, 0.3) is 0 Å². The number of rotatable bonds is 3. The molecule has 1 aromatic carbocycles. The van der Waals surface area contributed by atoms with Gasteiger partial charge >= 0.3 is 12.0 Å². The number of carbonyl (C=O) groups is 2. The molecule has 0 bridgehead atoms. The standard InChI is InChI=1S/C13H15FN2O3/c1-8-7-9(14)3-4-10(8)15-12(19)16-13(11(17)18)5-2-6-13/h3-4,7H,2,5-6H2,1H3,(H,17,18)(H2,15,16,19). The normalized spacial score (nSPS) is 16.3. The molecule has 6 heteroatoms. The molecule has 19 heavy (non-hydrogen) atoms. The van der Waals surface area contributed by atoms with Crippen molar-refractivity contribution in [2.75, 3.05) is 5.32 Å². The maximum absolute atomic E-state index is 12.9. The predicted molar refractivity (Wildman–Crippen MR) is 67.5 cm³/mol. The van der Waals surface area contributed by atoms with Gasteiger partial charge in [0, 0.05) is 5.69 Å². The molecule has 1 aliphatic rings. The Labute approximate surface area is 109 Å². The minimum Gasteiger partial charge on any atom is -0.480 e. The van der Waals surface area contributed by atoms with Crippen LogP contribution in [0.2, 0.25) is 0 Å². The summed E-state index contributed by atoms with van der Waals surface area (Å²) in [7, 11) is 0. The number of benzene rings is 1. The third-order valence-corrected chi connectivity index (χ3v) is 3.41. The van der Waals surface area contributed by atoms with E-state index in [1.165, 1.54) is 18.2 Å². The Balaban J connectivity index is 2.03. The summed E-state index contributed by atoms with van der Waals surface area (Å²) in [4.78, 5) is 22.9. The molecule has 1 fully saturated rings. The number of amides is 2. The smallest absolute Gasteiger partial charge is 0.329 e. The van der Waals surface area contributed by atoms with Crippen LogP contribution in [0.15, 0.2) is 18.2 Å². The van der Waals surface area contributed by atoms with Crippen LogP contribution in [-0.2, 0) is 4.79 Å². The largest absolute Gasteiger partial charge is 0.480 e. The molecule has 0 radical (unpaired) electrons. The van der Waals surface area contributed by atoms with Crippen molar-refractivity contribution in [2.24, 2.45) is 0 Å². The lowest BCUT2D eigenvalue weighted by atomic mass is 9.77. The van der Waals surface area contributed by atoms with Crippen LogP contribution in [0.4, 0.5) is 14.9 Å². The first-order valence-electron chi connectivity index (χ1n) is 6.02. The Kier molecular flexibility index (Phi) is 3.42. The van der Waals surface area contributed by atoms with Gasteiger partial charge in [-0.3, -0.25) is 0 Å². The summed E-state index contributed by atoms with van der Waals surface area (Å²) in [6.07, 6.45) is 1.64. The molecule has 2 amide bonds. The Morgan fingerprint density at radius 2 is 2.05 bits per heavy atom. The van der Waals surface area contributed by atoms with Gasteiger partial charge in [-0.05, 0) is 49.9 Å². The molecule has 1 saturated carbocycles. The van der Waals surface area contributed by atoms with Crippen LogP contribution < -0.4 is 10.6 Å². The van der Waals surface area contributed by atoms with Crippen molar-refractivity contribution in [3.8, 4) is 0 Å². The molecule has 5 nitrogen and oxygen atoms in total. The monoisotopic (exact) mass is 266 g/mol. The highest BCUT2D eigenvalue weighted by atomic mass is 19.1.